The summed E-state index contributed by atoms with van der Waals surface area (Å²) in [6, 6.07) is 21.0. The van der Waals surface area contributed by atoms with Gasteiger partial charge < -0.3 is 0 Å². The number of rotatable bonds is 3. The molecular weight excluding hydrogens is 192 g/mol. The van der Waals surface area contributed by atoms with Crippen LogP contribution in [0.2, 0.25) is 0 Å². The van der Waals surface area contributed by atoms with Crippen LogP contribution in [0.15, 0.2) is 66.7 Å². The molecule has 0 aliphatic carbocycles. The highest BCUT2D eigenvalue weighted by Gasteiger charge is 1.98. The molecule has 0 amide bonds. The number of allylic oxidation sites excluding steroid dienone is 1. The minimum absolute atomic E-state index is 0.460. The van der Waals surface area contributed by atoms with Gasteiger partial charge in [-0.05, 0) is 17.0 Å². The summed E-state index contributed by atoms with van der Waals surface area (Å²) in [7, 11) is 0. The van der Waals surface area contributed by atoms with E-state index in [2.05, 4.69) is 73.7 Å². The SMILES string of the molecule is CC(/C=C/c1ccccc1)c1ccccc1. The predicted molar refractivity (Wildman–Crippen MR) is 70.3 cm³/mol. The molecule has 0 fully saturated rings. The van der Waals surface area contributed by atoms with Gasteiger partial charge in [-0.15, -0.1) is 0 Å². The molecule has 0 nitrogen and oxygen atoms in total. The molecule has 0 aromatic heterocycles. The second-order valence-electron chi connectivity index (χ2n) is 3.97. The maximum atomic E-state index is 2.24. The van der Waals surface area contributed by atoms with Crippen LogP contribution in [-0.4, -0.2) is 0 Å². The highest BCUT2D eigenvalue weighted by atomic mass is 14.0. The minimum atomic E-state index is 0.460. The molecule has 16 heavy (non-hydrogen) atoms. The van der Waals surface area contributed by atoms with Crippen LogP contribution in [0, 0.1) is 0 Å². The molecule has 0 aliphatic heterocycles. The van der Waals surface area contributed by atoms with Gasteiger partial charge in [0.2, 0.25) is 0 Å². The van der Waals surface area contributed by atoms with E-state index in [0.29, 0.717) is 5.92 Å². The van der Waals surface area contributed by atoms with Gasteiger partial charge in [0.05, 0.1) is 0 Å². The lowest BCUT2D eigenvalue weighted by Crippen LogP contribution is -1.87. The fraction of sp³-hybridized carbons (Fsp3) is 0.125. The van der Waals surface area contributed by atoms with Crippen LogP contribution in [0.1, 0.15) is 24.0 Å². The van der Waals surface area contributed by atoms with Crippen LogP contribution >= 0.6 is 0 Å². The molecule has 1 unspecified atom stereocenters. The summed E-state index contributed by atoms with van der Waals surface area (Å²) in [4.78, 5) is 0. The molecule has 0 saturated heterocycles. The van der Waals surface area contributed by atoms with E-state index in [-0.39, 0.29) is 0 Å². The average molecular weight is 208 g/mol. The lowest BCUT2D eigenvalue weighted by Gasteiger charge is -2.05. The van der Waals surface area contributed by atoms with Crippen LogP contribution in [0.5, 0.6) is 0 Å². The van der Waals surface area contributed by atoms with Crippen LogP contribution in [0.3, 0.4) is 0 Å². The van der Waals surface area contributed by atoms with E-state index in [9.17, 15) is 0 Å². The first kappa shape index (κ1) is 10.7. The maximum Gasteiger partial charge on any atom is -0.000711 e. The lowest BCUT2D eigenvalue weighted by molar-refractivity contribution is 0.973. The fourth-order valence-corrected chi connectivity index (χ4v) is 1.69. The zero-order chi connectivity index (χ0) is 11.2. The molecule has 0 bridgehead atoms. The number of hydrogen-bond donors (Lipinski definition) is 0. The molecule has 1 atom stereocenters. The number of hydrogen-bond acceptors (Lipinski definition) is 0. The van der Waals surface area contributed by atoms with Crippen molar-refractivity contribution in [1.29, 1.82) is 0 Å². The smallest absolute Gasteiger partial charge is 0.000711 e. The van der Waals surface area contributed by atoms with Gasteiger partial charge in [0, 0.05) is 0 Å². The zero-order valence-electron chi connectivity index (χ0n) is 9.51. The van der Waals surface area contributed by atoms with Gasteiger partial charge in [-0.1, -0.05) is 79.7 Å². The molecular formula is C16H16. The zero-order valence-corrected chi connectivity index (χ0v) is 9.51. The monoisotopic (exact) mass is 208 g/mol. The van der Waals surface area contributed by atoms with Crippen LogP contribution < -0.4 is 0 Å². The van der Waals surface area contributed by atoms with Gasteiger partial charge in [0.25, 0.3) is 0 Å². The molecule has 80 valence electrons. The van der Waals surface area contributed by atoms with Gasteiger partial charge in [-0.3, -0.25) is 0 Å². The van der Waals surface area contributed by atoms with E-state index in [1.54, 1.807) is 0 Å². The Morgan fingerprint density at radius 2 is 1.38 bits per heavy atom. The summed E-state index contributed by atoms with van der Waals surface area (Å²) >= 11 is 0. The quantitative estimate of drug-likeness (QED) is 0.696. The van der Waals surface area contributed by atoms with E-state index in [0.717, 1.165) is 0 Å². The molecule has 0 N–H and O–H groups in total. The van der Waals surface area contributed by atoms with E-state index in [1.807, 2.05) is 6.07 Å². The van der Waals surface area contributed by atoms with Crippen molar-refractivity contribution in [2.75, 3.05) is 0 Å². The number of benzene rings is 2. The Morgan fingerprint density at radius 3 is 2.00 bits per heavy atom. The van der Waals surface area contributed by atoms with E-state index >= 15 is 0 Å². The summed E-state index contributed by atoms with van der Waals surface area (Å²) in [5.41, 5.74) is 2.61. The van der Waals surface area contributed by atoms with Crippen molar-refractivity contribution in [1.82, 2.24) is 0 Å². The van der Waals surface area contributed by atoms with Crippen molar-refractivity contribution in [3.63, 3.8) is 0 Å². The van der Waals surface area contributed by atoms with E-state index in [1.165, 1.54) is 11.1 Å². The first-order valence-corrected chi connectivity index (χ1v) is 5.64. The van der Waals surface area contributed by atoms with Crippen molar-refractivity contribution < 1.29 is 0 Å². The molecule has 2 aromatic rings. The third-order valence-electron chi connectivity index (χ3n) is 2.70. The van der Waals surface area contributed by atoms with Gasteiger partial charge >= 0.3 is 0 Å². The molecule has 2 aromatic carbocycles. The van der Waals surface area contributed by atoms with Crippen molar-refractivity contribution >= 4 is 6.08 Å². The lowest BCUT2D eigenvalue weighted by atomic mass is 10.00. The third-order valence-corrected chi connectivity index (χ3v) is 2.70. The topological polar surface area (TPSA) is 0 Å². The van der Waals surface area contributed by atoms with Crippen molar-refractivity contribution in [3.8, 4) is 0 Å². The molecule has 0 spiro atoms. The largest absolute Gasteiger partial charge is 0.0767 e. The van der Waals surface area contributed by atoms with Crippen molar-refractivity contribution in [2.45, 2.75) is 12.8 Å². The van der Waals surface area contributed by atoms with Crippen LogP contribution in [-0.2, 0) is 0 Å². The predicted octanol–water partition coefficient (Wildman–Crippen LogP) is 4.50. The summed E-state index contributed by atoms with van der Waals surface area (Å²) < 4.78 is 0. The summed E-state index contributed by atoms with van der Waals surface area (Å²) in [6.45, 7) is 2.22. The highest BCUT2D eigenvalue weighted by molar-refractivity contribution is 5.50. The van der Waals surface area contributed by atoms with Gasteiger partial charge in [-0.2, -0.15) is 0 Å². The van der Waals surface area contributed by atoms with Crippen LogP contribution in [0.25, 0.3) is 6.08 Å². The van der Waals surface area contributed by atoms with Crippen molar-refractivity contribution in [3.05, 3.63) is 77.9 Å². The summed E-state index contributed by atoms with van der Waals surface area (Å²) in [5.74, 6) is 0.460. The van der Waals surface area contributed by atoms with Crippen LogP contribution in [0.4, 0.5) is 0 Å². The van der Waals surface area contributed by atoms with E-state index < -0.39 is 0 Å². The second-order valence-corrected chi connectivity index (χ2v) is 3.97. The Bertz CT molecular complexity index is 440. The highest BCUT2D eigenvalue weighted by Crippen LogP contribution is 2.17. The average Bonchev–Trinajstić information content (AvgIpc) is 2.38. The third kappa shape index (κ3) is 2.83. The first-order valence-electron chi connectivity index (χ1n) is 5.64. The summed E-state index contributed by atoms with van der Waals surface area (Å²) in [6.07, 6.45) is 4.42. The Labute approximate surface area is 97.3 Å². The fourth-order valence-electron chi connectivity index (χ4n) is 1.69. The molecule has 0 radical (unpaired) electrons. The molecule has 2 rings (SSSR count). The second kappa shape index (κ2) is 5.32. The van der Waals surface area contributed by atoms with Gasteiger partial charge in [-0.25, -0.2) is 0 Å². The molecule has 0 heteroatoms. The van der Waals surface area contributed by atoms with Gasteiger partial charge in [0.15, 0.2) is 0 Å². The molecule has 0 heterocycles. The Kier molecular flexibility index (Phi) is 3.55. The normalized spacial score (nSPS) is 12.8. The van der Waals surface area contributed by atoms with E-state index in [4.69, 9.17) is 0 Å². The van der Waals surface area contributed by atoms with Crippen molar-refractivity contribution in [2.24, 2.45) is 0 Å². The Hall–Kier alpha value is -1.82. The van der Waals surface area contributed by atoms with Gasteiger partial charge in [0.1, 0.15) is 0 Å². The molecule has 0 saturated carbocycles. The maximum absolute atomic E-state index is 2.24. The minimum Gasteiger partial charge on any atom is -0.0767 e. The molecule has 0 aliphatic rings. The standard InChI is InChI=1S/C16H16/c1-14(16-10-6-3-7-11-16)12-13-15-8-4-2-5-9-15/h2-14H,1H3/b13-12+. The summed E-state index contributed by atoms with van der Waals surface area (Å²) in [5, 5.41) is 0. The Morgan fingerprint density at radius 1 is 0.812 bits per heavy atom. The Balaban J connectivity index is 2.08. The first-order chi connectivity index (χ1) is 7.86.